The van der Waals surface area contributed by atoms with Gasteiger partial charge in [-0.25, -0.2) is 0 Å². The van der Waals surface area contributed by atoms with Crippen molar-refractivity contribution in [2.45, 2.75) is 12.5 Å². The highest BCUT2D eigenvalue weighted by molar-refractivity contribution is 5.80. The second-order valence-electron chi connectivity index (χ2n) is 2.63. The molecule has 0 saturated carbocycles. The molecule has 2 saturated heterocycles. The van der Waals surface area contributed by atoms with Gasteiger partial charge in [0.05, 0.1) is 18.6 Å². The summed E-state index contributed by atoms with van der Waals surface area (Å²) in [5.41, 5.74) is 0. The molecule has 2 unspecified atom stereocenters. The number of hydrogen-bond donors (Lipinski definition) is 1. The largest absolute Gasteiger partial charge is 0.376 e. The van der Waals surface area contributed by atoms with Crippen molar-refractivity contribution in [2.75, 3.05) is 13.2 Å². The highest BCUT2D eigenvalue weighted by Gasteiger charge is 2.35. The third-order valence-corrected chi connectivity index (χ3v) is 1.96. The zero-order valence-electron chi connectivity index (χ0n) is 5.09. The van der Waals surface area contributed by atoms with Crippen molar-refractivity contribution in [2.24, 2.45) is 5.92 Å². The maximum Gasteiger partial charge on any atom is 0.225 e. The van der Waals surface area contributed by atoms with Crippen LogP contribution >= 0.6 is 0 Å². The predicted octanol–water partition coefficient (Wildman–Crippen LogP) is -0.479. The van der Waals surface area contributed by atoms with Crippen molar-refractivity contribution in [3.8, 4) is 0 Å². The van der Waals surface area contributed by atoms with E-state index in [9.17, 15) is 4.79 Å². The van der Waals surface area contributed by atoms with Gasteiger partial charge >= 0.3 is 0 Å². The normalized spacial score (nSPS) is 40.7. The Kier molecular flexibility index (Phi) is 0.990. The monoisotopic (exact) mass is 127 g/mol. The van der Waals surface area contributed by atoms with Gasteiger partial charge in [0, 0.05) is 6.54 Å². The van der Waals surface area contributed by atoms with Crippen LogP contribution in [0.25, 0.3) is 0 Å². The van der Waals surface area contributed by atoms with E-state index in [2.05, 4.69) is 5.32 Å². The second kappa shape index (κ2) is 1.70. The van der Waals surface area contributed by atoms with Crippen molar-refractivity contribution >= 4 is 5.91 Å². The Morgan fingerprint density at radius 3 is 3.33 bits per heavy atom. The maximum absolute atomic E-state index is 10.9. The van der Waals surface area contributed by atoms with Gasteiger partial charge in [-0.05, 0) is 6.42 Å². The predicted molar refractivity (Wildman–Crippen MR) is 30.9 cm³/mol. The summed E-state index contributed by atoms with van der Waals surface area (Å²) in [5, 5.41) is 2.78. The summed E-state index contributed by atoms with van der Waals surface area (Å²) in [4.78, 5) is 10.9. The lowest BCUT2D eigenvalue weighted by Gasteiger charge is -2.16. The lowest BCUT2D eigenvalue weighted by molar-refractivity contribution is -0.125. The number of amides is 1. The Morgan fingerprint density at radius 1 is 1.67 bits per heavy atom. The van der Waals surface area contributed by atoms with Crippen LogP contribution in [0.4, 0.5) is 0 Å². The van der Waals surface area contributed by atoms with Crippen molar-refractivity contribution in [3.05, 3.63) is 0 Å². The first kappa shape index (κ1) is 5.23. The highest BCUT2D eigenvalue weighted by Crippen LogP contribution is 2.22. The van der Waals surface area contributed by atoms with Crippen LogP contribution in [0.1, 0.15) is 6.42 Å². The molecule has 2 rings (SSSR count). The molecule has 50 valence electrons. The van der Waals surface area contributed by atoms with Gasteiger partial charge in [0.25, 0.3) is 0 Å². The molecule has 2 aliphatic heterocycles. The SMILES string of the molecule is O=C1NCC2CC1CO2. The van der Waals surface area contributed by atoms with E-state index in [0.717, 1.165) is 13.0 Å². The lowest BCUT2D eigenvalue weighted by Crippen LogP contribution is -2.39. The van der Waals surface area contributed by atoms with Crippen molar-refractivity contribution < 1.29 is 9.53 Å². The molecule has 0 spiro atoms. The molecule has 0 aromatic heterocycles. The lowest BCUT2D eigenvalue weighted by atomic mass is 10.0. The van der Waals surface area contributed by atoms with E-state index >= 15 is 0 Å². The molecule has 2 bridgehead atoms. The Hall–Kier alpha value is -0.570. The van der Waals surface area contributed by atoms with Crippen LogP contribution in [0.3, 0.4) is 0 Å². The highest BCUT2D eigenvalue weighted by atomic mass is 16.5. The molecular weight excluding hydrogens is 118 g/mol. The summed E-state index contributed by atoms with van der Waals surface area (Å²) in [7, 11) is 0. The summed E-state index contributed by atoms with van der Waals surface area (Å²) in [6, 6.07) is 0. The molecule has 0 aromatic carbocycles. The number of fused-ring (bicyclic) bond motifs is 2. The molecule has 2 heterocycles. The average molecular weight is 127 g/mol. The standard InChI is InChI=1S/C6H9NO2/c8-6-4-1-5(2-7-6)9-3-4/h4-5H,1-3H2,(H,7,8). The molecule has 2 atom stereocenters. The van der Waals surface area contributed by atoms with E-state index in [4.69, 9.17) is 4.74 Å². The fraction of sp³-hybridized carbons (Fsp3) is 0.833. The van der Waals surface area contributed by atoms with Crippen LogP contribution in [-0.4, -0.2) is 25.2 Å². The first-order chi connectivity index (χ1) is 4.36. The first-order valence-corrected chi connectivity index (χ1v) is 3.25. The fourth-order valence-corrected chi connectivity index (χ4v) is 1.39. The van der Waals surface area contributed by atoms with Crippen LogP contribution in [0.2, 0.25) is 0 Å². The Morgan fingerprint density at radius 2 is 2.56 bits per heavy atom. The summed E-state index contributed by atoms with van der Waals surface area (Å²) < 4.78 is 5.26. The zero-order chi connectivity index (χ0) is 6.27. The number of nitrogens with one attached hydrogen (secondary N) is 1. The summed E-state index contributed by atoms with van der Waals surface area (Å²) >= 11 is 0. The average Bonchev–Trinajstić information content (AvgIpc) is 2.25. The minimum Gasteiger partial charge on any atom is -0.376 e. The van der Waals surface area contributed by atoms with Crippen LogP contribution in [0.5, 0.6) is 0 Å². The van der Waals surface area contributed by atoms with Gasteiger partial charge in [-0.1, -0.05) is 0 Å². The quantitative estimate of drug-likeness (QED) is 0.477. The maximum atomic E-state index is 10.9. The van der Waals surface area contributed by atoms with E-state index in [1.54, 1.807) is 0 Å². The van der Waals surface area contributed by atoms with Crippen molar-refractivity contribution in [1.82, 2.24) is 5.32 Å². The summed E-state index contributed by atoms with van der Waals surface area (Å²) in [6.07, 6.45) is 1.25. The molecule has 3 nitrogen and oxygen atoms in total. The minimum absolute atomic E-state index is 0.156. The summed E-state index contributed by atoms with van der Waals surface area (Å²) in [5.74, 6) is 0.326. The number of piperidine rings is 1. The van der Waals surface area contributed by atoms with Gasteiger partial charge < -0.3 is 10.1 Å². The number of carbonyl (C=O) groups is 1. The van der Waals surface area contributed by atoms with Gasteiger partial charge in [-0.15, -0.1) is 0 Å². The minimum atomic E-state index is 0.156. The summed E-state index contributed by atoms with van der Waals surface area (Å²) in [6.45, 7) is 1.35. The number of carbonyl (C=O) groups excluding carboxylic acids is 1. The van der Waals surface area contributed by atoms with Gasteiger partial charge in [0.1, 0.15) is 0 Å². The van der Waals surface area contributed by atoms with Crippen LogP contribution in [0, 0.1) is 5.92 Å². The van der Waals surface area contributed by atoms with Gasteiger partial charge in [-0.2, -0.15) is 0 Å². The third-order valence-electron chi connectivity index (χ3n) is 1.96. The molecule has 0 aliphatic carbocycles. The molecule has 9 heavy (non-hydrogen) atoms. The smallest absolute Gasteiger partial charge is 0.225 e. The van der Waals surface area contributed by atoms with Crippen molar-refractivity contribution in [1.29, 1.82) is 0 Å². The molecule has 0 aromatic rings. The van der Waals surface area contributed by atoms with E-state index in [1.807, 2.05) is 0 Å². The fourth-order valence-electron chi connectivity index (χ4n) is 1.39. The molecular formula is C6H9NO2. The van der Waals surface area contributed by atoms with Gasteiger partial charge in [-0.3, -0.25) is 4.79 Å². The molecule has 2 aliphatic rings. The van der Waals surface area contributed by atoms with Crippen LogP contribution < -0.4 is 5.32 Å². The van der Waals surface area contributed by atoms with Crippen LogP contribution in [0.15, 0.2) is 0 Å². The number of ether oxygens (including phenoxy) is 1. The molecule has 0 radical (unpaired) electrons. The topological polar surface area (TPSA) is 38.3 Å². The number of rotatable bonds is 0. The molecule has 3 heteroatoms. The molecule has 1 N–H and O–H groups in total. The van der Waals surface area contributed by atoms with E-state index in [1.165, 1.54) is 0 Å². The van der Waals surface area contributed by atoms with Gasteiger partial charge in [0.2, 0.25) is 5.91 Å². The third kappa shape index (κ3) is 0.721. The Balaban J connectivity index is 2.14. The molecule has 2 fully saturated rings. The van der Waals surface area contributed by atoms with E-state index < -0.39 is 0 Å². The molecule has 1 amide bonds. The Bertz CT molecular complexity index is 146. The van der Waals surface area contributed by atoms with Crippen molar-refractivity contribution in [3.63, 3.8) is 0 Å². The van der Waals surface area contributed by atoms with E-state index in [0.29, 0.717) is 12.7 Å². The van der Waals surface area contributed by atoms with E-state index in [-0.39, 0.29) is 11.8 Å². The zero-order valence-corrected chi connectivity index (χ0v) is 5.09. The Labute approximate surface area is 53.4 Å². The first-order valence-electron chi connectivity index (χ1n) is 3.25. The van der Waals surface area contributed by atoms with Gasteiger partial charge in [0.15, 0.2) is 0 Å². The second-order valence-corrected chi connectivity index (χ2v) is 2.63. The van der Waals surface area contributed by atoms with Crippen LogP contribution in [-0.2, 0) is 9.53 Å². The number of hydrogen-bond acceptors (Lipinski definition) is 2.